The smallest absolute Gasteiger partial charge is 0.303 e. The van der Waals surface area contributed by atoms with Crippen molar-refractivity contribution in [2.75, 3.05) is 13.7 Å². The van der Waals surface area contributed by atoms with Crippen LogP contribution in [0.1, 0.15) is 67.2 Å². The Morgan fingerprint density at radius 2 is 1.89 bits per heavy atom. The number of carboxylic acids is 1. The summed E-state index contributed by atoms with van der Waals surface area (Å²) >= 11 is 0. The second-order valence-corrected chi connectivity index (χ2v) is 9.30. The first-order chi connectivity index (χ1) is 17.0. The van der Waals surface area contributed by atoms with E-state index >= 15 is 0 Å². The van der Waals surface area contributed by atoms with Crippen molar-refractivity contribution in [2.24, 2.45) is 5.92 Å². The zero-order valence-corrected chi connectivity index (χ0v) is 20.7. The molecular weight excluding hydrogens is 442 g/mol. The first-order valence-electron chi connectivity index (χ1n) is 12.6. The van der Waals surface area contributed by atoms with Gasteiger partial charge < -0.3 is 19.0 Å². The Hall–Kier alpha value is -3.12. The molecule has 1 saturated carbocycles. The molecule has 2 aromatic carbocycles. The van der Waals surface area contributed by atoms with Crippen LogP contribution in [0.5, 0.6) is 5.75 Å². The van der Waals surface area contributed by atoms with Crippen molar-refractivity contribution >= 4 is 5.97 Å². The van der Waals surface area contributed by atoms with Crippen molar-refractivity contribution in [3.8, 4) is 17.2 Å². The third-order valence-electron chi connectivity index (χ3n) is 6.88. The van der Waals surface area contributed by atoms with Crippen LogP contribution in [0.2, 0.25) is 0 Å². The lowest BCUT2D eigenvalue weighted by atomic mass is 9.81. The number of benzene rings is 2. The lowest BCUT2D eigenvalue weighted by Gasteiger charge is -2.31. The zero-order chi connectivity index (χ0) is 24.6. The first kappa shape index (κ1) is 25.0. The highest BCUT2D eigenvalue weighted by Gasteiger charge is 2.27. The summed E-state index contributed by atoms with van der Waals surface area (Å²) in [5.74, 6) is 1.84. The standard InChI is InChI=1S/C29H35NO5/c1-20-26(30-29(35-20)23-11-7-4-8-12-23)17-18-34-24-15-13-21(14-16-27(31)32)25(19-24)28(33-2)22-9-5-3-6-10-22/h4,7-8,11-13,15,19,22,28H,3,5-6,9-10,14,16-18H2,1-2H3,(H,31,32). The Kier molecular flexibility index (Phi) is 8.59. The van der Waals surface area contributed by atoms with Crippen LogP contribution in [0.25, 0.3) is 11.5 Å². The maximum Gasteiger partial charge on any atom is 0.303 e. The molecule has 0 radical (unpaired) electrons. The van der Waals surface area contributed by atoms with Gasteiger partial charge in [0.05, 0.1) is 18.4 Å². The average molecular weight is 478 g/mol. The first-order valence-corrected chi connectivity index (χ1v) is 12.6. The molecule has 1 atom stereocenters. The second-order valence-electron chi connectivity index (χ2n) is 9.30. The minimum absolute atomic E-state index is 0.0474. The molecule has 35 heavy (non-hydrogen) atoms. The summed E-state index contributed by atoms with van der Waals surface area (Å²) in [5, 5.41) is 9.22. The van der Waals surface area contributed by atoms with E-state index in [-0.39, 0.29) is 12.5 Å². The summed E-state index contributed by atoms with van der Waals surface area (Å²) in [6.07, 6.45) is 7.15. The van der Waals surface area contributed by atoms with Crippen molar-refractivity contribution < 1.29 is 23.8 Å². The average Bonchev–Trinajstić information content (AvgIpc) is 3.25. The van der Waals surface area contributed by atoms with E-state index in [2.05, 4.69) is 4.98 Å². The van der Waals surface area contributed by atoms with E-state index in [9.17, 15) is 9.90 Å². The van der Waals surface area contributed by atoms with E-state index in [1.807, 2.05) is 55.5 Å². The third-order valence-corrected chi connectivity index (χ3v) is 6.88. The molecule has 0 amide bonds. The SMILES string of the molecule is COC(c1cc(OCCc2nc(-c3ccccc3)oc2C)ccc1CCC(=O)O)C1CCCCC1. The predicted molar refractivity (Wildman–Crippen MR) is 135 cm³/mol. The fraction of sp³-hybridized carbons (Fsp3) is 0.448. The molecule has 1 unspecified atom stereocenters. The van der Waals surface area contributed by atoms with Crippen LogP contribution in [0, 0.1) is 12.8 Å². The lowest BCUT2D eigenvalue weighted by molar-refractivity contribution is -0.136. The number of hydrogen-bond donors (Lipinski definition) is 1. The molecule has 0 bridgehead atoms. The van der Waals surface area contributed by atoms with Crippen molar-refractivity contribution in [3.63, 3.8) is 0 Å². The van der Waals surface area contributed by atoms with Crippen molar-refractivity contribution in [1.82, 2.24) is 4.98 Å². The number of methoxy groups -OCH3 is 1. The number of carbonyl (C=O) groups is 1. The molecule has 3 aromatic rings. The predicted octanol–water partition coefficient (Wildman–Crippen LogP) is 6.56. The van der Waals surface area contributed by atoms with Crippen molar-refractivity contribution in [2.45, 2.75) is 64.4 Å². The van der Waals surface area contributed by atoms with Crippen LogP contribution in [0.4, 0.5) is 0 Å². The topological polar surface area (TPSA) is 81.8 Å². The molecule has 0 aliphatic heterocycles. The number of oxazole rings is 1. The highest BCUT2D eigenvalue weighted by atomic mass is 16.5. The second kappa shape index (κ2) is 12.0. The van der Waals surface area contributed by atoms with Gasteiger partial charge in [0.15, 0.2) is 0 Å². The number of aliphatic carboxylic acids is 1. The highest BCUT2D eigenvalue weighted by Crippen LogP contribution is 2.39. The van der Waals surface area contributed by atoms with E-state index in [1.165, 1.54) is 19.3 Å². The van der Waals surface area contributed by atoms with Gasteiger partial charge in [-0.05, 0) is 67.5 Å². The summed E-state index contributed by atoms with van der Waals surface area (Å²) in [6.45, 7) is 2.40. The van der Waals surface area contributed by atoms with Crippen molar-refractivity contribution in [3.05, 3.63) is 71.1 Å². The molecular formula is C29H35NO5. The normalized spacial score (nSPS) is 15.1. The lowest BCUT2D eigenvalue weighted by Crippen LogP contribution is -2.19. The van der Waals surface area contributed by atoms with Crippen LogP contribution < -0.4 is 4.74 Å². The maximum absolute atomic E-state index is 11.2. The quantitative estimate of drug-likeness (QED) is 0.337. The van der Waals surface area contributed by atoms with Gasteiger partial charge in [0.25, 0.3) is 0 Å². The van der Waals surface area contributed by atoms with Gasteiger partial charge in [0.1, 0.15) is 11.5 Å². The summed E-state index contributed by atoms with van der Waals surface area (Å²) in [6, 6.07) is 15.8. The number of aromatic nitrogens is 1. The summed E-state index contributed by atoms with van der Waals surface area (Å²) in [5.41, 5.74) is 3.93. The molecule has 1 fully saturated rings. The number of rotatable bonds is 11. The fourth-order valence-corrected chi connectivity index (χ4v) is 5.04. The Balaban J connectivity index is 1.47. The molecule has 4 rings (SSSR count). The maximum atomic E-state index is 11.2. The van der Waals surface area contributed by atoms with Gasteiger partial charge in [-0.15, -0.1) is 0 Å². The molecule has 1 aliphatic rings. The minimum atomic E-state index is -0.791. The van der Waals surface area contributed by atoms with E-state index in [1.54, 1.807) is 7.11 Å². The molecule has 186 valence electrons. The number of nitrogens with zero attached hydrogens (tertiary/aromatic N) is 1. The van der Waals surface area contributed by atoms with Gasteiger partial charge in [0, 0.05) is 25.5 Å². The molecule has 1 N–H and O–H groups in total. The summed E-state index contributed by atoms with van der Waals surface area (Å²) in [7, 11) is 1.76. The summed E-state index contributed by atoms with van der Waals surface area (Å²) in [4.78, 5) is 15.9. The molecule has 0 spiro atoms. The molecule has 6 nitrogen and oxygen atoms in total. The molecule has 6 heteroatoms. The van der Waals surface area contributed by atoms with E-state index in [4.69, 9.17) is 13.9 Å². The molecule has 1 aromatic heterocycles. The molecule has 1 heterocycles. The van der Waals surface area contributed by atoms with Gasteiger partial charge in [-0.3, -0.25) is 4.79 Å². The van der Waals surface area contributed by atoms with E-state index in [0.717, 1.165) is 46.7 Å². The Morgan fingerprint density at radius 3 is 2.60 bits per heavy atom. The van der Waals surface area contributed by atoms with Gasteiger partial charge in [-0.1, -0.05) is 43.5 Å². The Morgan fingerprint density at radius 1 is 1.11 bits per heavy atom. The fourth-order valence-electron chi connectivity index (χ4n) is 5.04. The van der Waals surface area contributed by atoms with Crippen LogP contribution in [-0.4, -0.2) is 29.8 Å². The monoisotopic (exact) mass is 477 g/mol. The van der Waals surface area contributed by atoms with Crippen molar-refractivity contribution in [1.29, 1.82) is 0 Å². The number of aryl methyl sites for hydroxylation is 2. The van der Waals surface area contributed by atoms with Gasteiger partial charge >= 0.3 is 5.97 Å². The van der Waals surface area contributed by atoms with E-state index < -0.39 is 5.97 Å². The minimum Gasteiger partial charge on any atom is -0.493 e. The van der Waals surface area contributed by atoms with Crippen LogP contribution >= 0.6 is 0 Å². The van der Waals surface area contributed by atoms with Crippen LogP contribution in [0.15, 0.2) is 52.9 Å². The number of hydrogen-bond acceptors (Lipinski definition) is 5. The summed E-state index contributed by atoms with van der Waals surface area (Å²) < 4.78 is 18.0. The van der Waals surface area contributed by atoms with Crippen LogP contribution in [-0.2, 0) is 22.4 Å². The molecule has 1 aliphatic carbocycles. The van der Waals surface area contributed by atoms with Gasteiger partial charge in [-0.2, -0.15) is 0 Å². The van der Waals surface area contributed by atoms with E-state index in [0.29, 0.717) is 31.3 Å². The number of carboxylic acid groups (broad SMARTS) is 1. The third kappa shape index (κ3) is 6.51. The number of ether oxygens (including phenoxy) is 2. The van der Waals surface area contributed by atoms with Gasteiger partial charge in [0.2, 0.25) is 5.89 Å². The molecule has 0 saturated heterocycles. The Bertz CT molecular complexity index is 1100. The Labute approximate surface area is 207 Å². The highest BCUT2D eigenvalue weighted by molar-refractivity contribution is 5.67. The van der Waals surface area contributed by atoms with Gasteiger partial charge in [-0.25, -0.2) is 4.98 Å². The van der Waals surface area contributed by atoms with Crippen LogP contribution in [0.3, 0.4) is 0 Å². The zero-order valence-electron chi connectivity index (χ0n) is 20.7. The largest absolute Gasteiger partial charge is 0.493 e.